The van der Waals surface area contributed by atoms with Crippen LogP contribution in [-0.2, 0) is 0 Å². The van der Waals surface area contributed by atoms with Crippen LogP contribution in [0.2, 0.25) is 0 Å². The average molecular weight is 242 g/mol. The maximum atomic E-state index is 11.9. The number of hydrogen-bond acceptors (Lipinski definition) is 0. The molecule has 2 aromatic carbocycles. The first-order chi connectivity index (χ1) is 8.66. The summed E-state index contributed by atoms with van der Waals surface area (Å²) in [6.45, 7) is 2.04. The van der Waals surface area contributed by atoms with Gasteiger partial charge in [0.2, 0.25) is 0 Å². The van der Waals surface area contributed by atoms with E-state index in [1.54, 1.807) is 12.1 Å². The van der Waals surface area contributed by atoms with Crippen LogP contribution in [-0.4, -0.2) is 6.43 Å². The monoisotopic (exact) mass is 242 g/mol. The topological polar surface area (TPSA) is 0 Å². The molecule has 2 heteroatoms. The van der Waals surface area contributed by atoms with Crippen LogP contribution in [0, 0.1) is 18.8 Å². The molecule has 0 heterocycles. The quantitative estimate of drug-likeness (QED) is 0.655. The van der Waals surface area contributed by atoms with Gasteiger partial charge in [-0.15, -0.1) is 0 Å². The molecule has 0 aliphatic heterocycles. The fourth-order valence-corrected chi connectivity index (χ4v) is 1.77. The molecular weight excluding hydrogens is 230 g/mol. The summed E-state index contributed by atoms with van der Waals surface area (Å²) in [6, 6.07) is 15.4. The summed E-state index contributed by atoms with van der Waals surface area (Å²) < 4.78 is 23.9. The minimum atomic E-state index is -2.58. The molecule has 2 aromatic rings. The summed E-state index contributed by atoms with van der Waals surface area (Å²) >= 11 is 0. The largest absolute Gasteiger partial charge is 0.299 e. The first kappa shape index (κ1) is 12.3. The van der Waals surface area contributed by atoms with Crippen molar-refractivity contribution in [1.29, 1.82) is 0 Å². The Hall–Kier alpha value is -2.14. The second-order valence-corrected chi connectivity index (χ2v) is 3.96. The minimum absolute atomic E-state index is 0.604. The van der Waals surface area contributed by atoms with Gasteiger partial charge in [0, 0.05) is 5.56 Å². The van der Waals surface area contributed by atoms with E-state index in [9.17, 15) is 8.78 Å². The zero-order valence-electron chi connectivity index (χ0n) is 9.95. The van der Waals surface area contributed by atoms with Crippen LogP contribution in [0.15, 0.2) is 48.5 Å². The van der Waals surface area contributed by atoms with Gasteiger partial charge >= 0.3 is 0 Å². The predicted octanol–water partition coefficient (Wildman–Crippen LogP) is 4.28. The fraction of sp³-hybridized carbons (Fsp3) is 0.125. The number of aryl methyl sites for hydroxylation is 1. The first-order valence-electron chi connectivity index (χ1n) is 5.62. The molecule has 0 fully saturated rings. The lowest BCUT2D eigenvalue weighted by atomic mass is 10.00. The number of halogens is 2. The number of alkyl halides is 2. The van der Waals surface area contributed by atoms with Crippen molar-refractivity contribution in [2.24, 2.45) is 0 Å². The van der Waals surface area contributed by atoms with Crippen molar-refractivity contribution in [2.75, 3.05) is 0 Å². The van der Waals surface area contributed by atoms with Crippen LogP contribution in [0.3, 0.4) is 0 Å². The first-order valence-corrected chi connectivity index (χ1v) is 5.62. The van der Waals surface area contributed by atoms with Crippen LogP contribution < -0.4 is 0 Å². The highest BCUT2D eigenvalue weighted by Crippen LogP contribution is 2.23. The highest BCUT2D eigenvalue weighted by molar-refractivity contribution is 5.67. The summed E-state index contributed by atoms with van der Waals surface area (Å²) in [4.78, 5) is 0. The van der Waals surface area contributed by atoms with Crippen LogP contribution in [0.5, 0.6) is 0 Å². The number of benzene rings is 2. The van der Waals surface area contributed by atoms with Crippen molar-refractivity contribution in [3.05, 3.63) is 59.7 Å². The molecule has 0 atom stereocenters. The van der Waals surface area contributed by atoms with Crippen molar-refractivity contribution >= 4 is 0 Å². The van der Waals surface area contributed by atoms with Crippen molar-refractivity contribution in [3.63, 3.8) is 0 Å². The van der Waals surface area contributed by atoms with Gasteiger partial charge in [-0.2, -0.15) is 8.78 Å². The molecule has 0 N–H and O–H groups in total. The minimum Gasteiger partial charge on any atom is -0.196 e. The zero-order chi connectivity index (χ0) is 13.0. The van der Waals surface area contributed by atoms with Crippen LogP contribution in [0.4, 0.5) is 8.78 Å². The molecule has 0 nitrogen and oxygen atoms in total. The smallest absolute Gasteiger partial charge is 0.196 e. The van der Waals surface area contributed by atoms with E-state index in [2.05, 4.69) is 5.92 Å². The van der Waals surface area contributed by atoms with Gasteiger partial charge in [-0.05, 0) is 41.7 Å². The Bertz CT molecular complexity index is 586. The second-order valence-electron chi connectivity index (χ2n) is 3.96. The van der Waals surface area contributed by atoms with E-state index in [4.69, 9.17) is 0 Å². The van der Waals surface area contributed by atoms with E-state index in [1.165, 1.54) is 5.56 Å². The average Bonchev–Trinajstić information content (AvgIpc) is 2.38. The molecule has 0 aliphatic carbocycles. The van der Waals surface area contributed by atoms with Gasteiger partial charge in [0.05, 0.1) is 0 Å². The molecule has 0 aliphatic rings. The van der Waals surface area contributed by atoms with E-state index in [0.717, 1.165) is 11.1 Å². The zero-order valence-corrected chi connectivity index (χ0v) is 9.95. The maximum absolute atomic E-state index is 11.9. The molecule has 0 radical (unpaired) electrons. The highest BCUT2D eigenvalue weighted by atomic mass is 19.3. The lowest BCUT2D eigenvalue weighted by Gasteiger charge is -2.05. The van der Waals surface area contributed by atoms with Crippen molar-refractivity contribution in [2.45, 2.75) is 13.3 Å². The summed E-state index contributed by atoms with van der Waals surface area (Å²) in [5, 5.41) is 0. The fourth-order valence-electron chi connectivity index (χ4n) is 1.77. The standard InChI is InChI=1S/C16H12F2/c1-12-4-2-3-5-15(12)14-9-6-13(7-10-14)8-11-16(17)18/h2-7,9-10,16H,1H3. The molecule has 0 saturated carbocycles. The van der Waals surface area contributed by atoms with E-state index in [0.29, 0.717) is 5.56 Å². The molecule has 0 spiro atoms. The Morgan fingerprint density at radius 2 is 1.61 bits per heavy atom. The summed E-state index contributed by atoms with van der Waals surface area (Å²) in [6.07, 6.45) is -2.58. The third kappa shape index (κ3) is 2.95. The number of rotatable bonds is 1. The predicted molar refractivity (Wildman–Crippen MR) is 69.5 cm³/mol. The van der Waals surface area contributed by atoms with E-state index in [-0.39, 0.29) is 0 Å². The molecular formula is C16H12F2. The van der Waals surface area contributed by atoms with Gasteiger partial charge < -0.3 is 0 Å². The molecule has 2 rings (SSSR count). The molecule has 0 aromatic heterocycles. The lowest BCUT2D eigenvalue weighted by Crippen LogP contribution is -1.84. The molecule has 90 valence electrons. The van der Waals surface area contributed by atoms with Gasteiger partial charge in [0.15, 0.2) is 0 Å². The van der Waals surface area contributed by atoms with E-state index >= 15 is 0 Å². The Morgan fingerprint density at radius 3 is 2.22 bits per heavy atom. The van der Waals surface area contributed by atoms with E-state index < -0.39 is 6.43 Å². The summed E-state index contributed by atoms with van der Waals surface area (Å²) in [5.74, 6) is 4.29. The van der Waals surface area contributed by atoms with Gasteiger partial charge in [0.1, 0.15) is 0 Å². The second kappa shape index (κ2) is 5.46. The van der Waals surface area contributed by atoms with E-state index in [1.807, 2.05) is 49.2 Å². The molecule has 0 unspecified atom stereocenters. The van der Waals surface area contributed by atoms with Crippen LogP contribution >= 0.6 is 0 Å². The molecule has 0 saturated heterocycles. The lowest BCUT2D eigenvalue weighted by molar-refractivity contribution is 0.215. The Balaban J connectivity index is 2.29. The normalized spacial score (nSPS) is 10.0. The van der Waals surface area contributed by atoms with Gasteiger partial charge in [-0.25, -0.2) is 0 Å². The third-order valence-electron chi connectivity index (χ3n) is 2.67. The van der Waals surface area contributed by atoms with Gasteiger partial charge in [-0.1, -0.05) is 42.3 Å². The van der Waals surface area contributed by atoms with Crippen molar-refractivity contribution in [1.82, 2.24) is 0 Å². The summed E-state index contributed by atoms with van der Waals surface area (Å²) in [5.41, 5.74) is 4.00. The molecule has 0 bridgehead atoms. The van der Waals surface area contributed by atoms with Gasteiger partial charge in [-0.3, -0.25) is 0 Å². The summed E-state index contributed by atoms with van der Waals surface area (Å²) in [7, 11) is 0. The van der Waals surface area contributed by atoms with Crippen LogP contribution in [0.1, 0.15) is 11.1 Å². The molecule has 0 amide bonds. The Morgan fingerprint density at radius 1 is 0.944 bits per heavy atom. The third-order valence-corrected chi connectivity index (χ3v) is 2.67. The SMILES string of the molecule is Cc1ccccc1-c1ccc(C#CC(F)F)cc1. The van der Waals surface area contributed by atoms with Crippen molar-refractivity contribution in [3.8, 4) is 23.0 Å². The Labute approximate surface area is 105 Å². The number of hydrogen-bond donors (Lipinski definition) is 0. The Kier molecular flexibility index (Phi) is 3.74. The molecule has 18 heavy (non-hydrogen) atoms. The van der Waals surface area contributed by atoms with Crippen molar-refractivity contribution < 1.29 is 8.78 Å². The maximum Gasteiger partial charge on any atom is 0.299 e. The highest BCUT2D eigenvalue weighted by Gasteiger charge is 2.00. The van der Waals surface area contributed by atoms with Crippen LogP contribution in [0.25, 0.3) is 11.1 Å². The van der Waals surface area contributed by atoms with Gasteiger partial charge in [0.25, 0.3) is 6.43 Å².